The average molecular weight is 420 g/mol. The molecule has 0 radical (unpaired) electrons. The van der Waals surface area contributed by atoms with Crippen LogP contribution in [-0.4, -0.2) is 52.4 Å². The Morgan fingerprint density at radius 3 is 2.17 bits per heavy atom. The van der Waals surface area contributed by atoms with Crippen molar-refractivity contribution in [3.05, 3.63) is 59.7 Å². The predicted octanol–water partition coefficient (Wildman–Crippen LogP) is 1.38. The van der Waals surface area contributed by atoms with Crippen LogP contribution in [0.2, 0.25) is 0 Å². The van der Waals surface area contributed by atoms with Gasteiger partial charge in [-0.25, -0.2) is 8.42 Å². The van der Waals surface area contributed by atoms with Crippen LogP contribution >= 0.6 is 0 Å². The van der Waals surface area contributed by atoms with Crippen LogP contribution in [0.1, 0.15) is 22.8 Å². The van der Waals surface area contributed by atoms with Crippen molar-refractivity contribution in [3.63, 3.8) is 0 Å². The molecule has 0 fully saturated rings. The first-order chi connectivity index (χ1) is 13.7. The van der Waals surface area contributed by atoms with Gasteiger partial charge in [0.15, 0.2) is 0 Å². The molecule has 2 rings (SSSR count). The molecule has 0 bridgehead atoms. The van der Waals surface area contributed by atoms with E-state index in [1.165, 1.54) is 43.2 Å². The van der Waals surface area contributed by atoms with E-state index in [0.717, 1.165) is 5.56 Å². The van der Waals surface area contributed by atoms with E-state index in [-0.39, 0.29) is 23.3 Å². The Bertz CT molecular complexity index is 957. The molecule has 0 aliphatic rings. The lowest BCUT2D eigenvalue weighted by Gasteiger charge is -2.22. The van der Waals surface area contributed by atoms with Gasteiger partial charge in [-0.1, -0.05) is 12.1 Å². The molecule has 0 aliphatic carbocycles. The lowest BCUT2D eigenvalue weighted by atomic mass is 10.1. The van der Waals surface area contributed by atoms with E-state index in [1.807, 2.05) is 0 Å². The van der Waals surface area contributed by atoms with E-state index in [1.54, 1.807) is 38.4 Å². The Morgan fingerprint density at radius 1 is 1.07 bits per heavy atom. The number of amides is 2. The third-order valence-corrected chi connectivity index (χ3v) is 5.87. The van der Waals surface area contributed by atoms with E-state index < -0.39 is 16.1 Å². The molecule has 2 amide bonds. The zero-order chi connectivity index (χ0) is 21.6. The molecule has 0 aromatic heterocycles. The molecule has 0 heterocycles. The average Bonchev–Trinajstić information content (AvgIpc) is 2.72. The Labute approximate surface area is 170 Å². The third kappa shape index (κ3) is 5.78. The highest BCUT2D eigenvalue weighted by Gasteiger charge is 2.24. The molecular formula is C20H25N3O5S. The highest BCUT2D eigenvalue weighted by Crippen LogP contribution is 2.16. The van der Waals surface area contributed by atoms with Gasteiger partial charge in [0.25, 0.3) is 5.91 Å². The van der Waals surface area contributed by atoms with Gasteiger partial charge in [0.2, 0.25) is 15.9 Å². The molecule has 0 saturated carbocycles. The molecule has 8 nitrogen and oxygen atoms in total. The summed E-state index contributed by atoms with van der Waals surface area (Å²) in [7, 11) is 0.782. The number of methoxy groups -OCH3 is 1. The third-order valence-electron chi connectivity index (χ3n) is 4.31. The fraction of sp³-hybridized carbons (Fsp3) is 0.300. The molecule has 2 aromatic rings. The van der Waals surface area contributed by atoms with Crippen molar-refractivity contribution < 1.29 is 22.7 Å². The Kier molecular flexibility index (Phi) is 7.35. The first kappa shape index (κ1) is 22.4. The van der Waals surface area contributed by atoms with E-state index in [4.69, 9.17) is 4.74 Å². The summed E-state index contributed by atoms with van der Waals surface area (Å²) < 4.78 is 32.4. The molecule has 0 spiro atoms. The van der Waals surface area contributed by atoms with E-state index in [9.17, 15) is 18.0 Å². The highest BCUT2D eigenvalue weighted by atomic mass is 32.2. The van der Waals surface area contributed by atoms with Crippen molar-refractivity contribution in [3.8, 4) is 5.75 Å². The second kappa shape index (κ2) is 9.53. The molecule has 2 aromatic carbocycles. The van der Waals surface area contributed by atoms with Crippen molar-refractivity contribution >= 4 is 21.8 Å². The number of rotatable bonds is 8. The van der Waals surface area contributed by atoms with Crippen LogP contribution in [0.5, 0.6) is 5.75 Å². The van der Waals surface area contributed by atoms with Gasteiger partial charge in [-0.3, -0.25) is 9.59 Å². The summed E-state index contributed by atoms with van der Waals surface area (Å²) >= 11 is 0. The highest BCUT2D eigenvalue weighted by molar-refractivity contribution is 7.89. The quantitative estimate of drug-likeness (QED) is 0.673. The smallest absolute Gasteiger partial charge is 0.251 e. The normalized spacial score (nSPS) is 12.1. The van der Waals surface area contributed by atoms with E-state index in [2.05, 4.69) is 10.0 Å². The van der Waals surface area contributed by atoms with Crippen LogP contribution in [-0.2, 0) is 21.4 Å². The minimum atomic E-state index is -3.85. The van der Waals surface area contributed by atoms with Gasteiger partial charge in [0, 0.05) is 26.2 Å². The summed E-state index contributed by atoms with van der Waals surface area (Å²) in [6, 6.07) is 11.8. The van der Waals surface area contributed by atoms with Gasteiger partial charge in [-0.05, 0) is 48.9 Å². The van der Waals surface area contributed by atoms with Crippen molar-refractivity contribution in [2.75, 3.05) is 21.2 Å². The zero-order valence-corrected chi connectivity index (χ0v) is 17.6. The number of hydrogen-bond acceptors (Lipinski definition) is 5. The maximum Gasteiger partial charge on any atom is 0.251 e. The van der Waals surface area contributed by atoms with Gasteiger partial charge < -0.3 is 15.0 Å². The molecule has 9 heteroatoms. The monoisotopic (exact) mass is 419 g/mol. The van der Waals surface area contributed by atoms with Crippen LogP contribution in [0.15, 0.2) is 53.4 Å². The Balaban J connectivity index is 2.01. The van der Waals surface area contributed by atoms with Gasteiger partial charge in [0.1, 0.15) is 5.75 Å². The molecule has 29 heavy (non-hydrogen) atoms. The van der Waals surface area contributed by atoms with Crippen molar-refractivity contribution in [1.29, 1.82) is 0 Å². The summed E-state index contributed by atoms with van der Waals surface area (Å²) in [6.45, 7) is 1.77. The van der Waals surface area contributed by atoms with Crippen LogP contribution in [0.4, 0.5) is 0 Å². The summed E-state index contributed by atoms with van der Waals surface area (Å²) in [5.74, 6) is -0.0322. The number of ether oxygens (including phenoxy) is 1. The summed E-state index contributed by atoms with van der Waals surface area (Å²) in [5, 5.41) is 2.54. The fourth-order valence-electron chi connectivity index (χ4n) is 2.69. The number of likely N-dealkylation sites (N-methyl/N-ethyl adjacent to an activating group) is 1. The standard InChI is InChI=1S/C20H25N3O5S/c1-14(22-29(26,27)18-11-9-17(28-4)10-12-18)20(25)23(3)13-15-5-7-16(8-6-15)19(24)21-2/h5-12,14,22H,13H2,1-4H3,(H,21,24)/t14-/m0/s1. The number of carbonyl (C=O) groups excluding carboxylic acids is 2. The largest absolute Gasteiger partial charge is 0.497 e. The molecular weight excluding hydrogens is 394 g/mol. The lowest BCUT2D eigenvalue weighted by molar-refractivity contribution is -0.131. The lowest BCUT2D eigenvalue weighted by Crippen LogP contribution is -2.45. The van der Waals surface area contributed by atoms with Crippen molar-refractivity contribution in [2.45, 2.75) is 24.4 Å². The number of benzene rings is 2. The molecule has 0 unspecified atom stereocenters. The van der Waals surface area contributed by atoms with Crippen molar-refractivity contribution in [1.82, 2.24) is 14.9 Å². The molecule has 2 N–H and O–H groups in total. The number of nitrogens with one attached hydrogen (secondary N) is 2. The Hall–Kier alpha value is -2.91. The zero-order valence-electron chi connectivity index (χ0n) is 16.8. The second-order valence-electron chi connectivity index (χ2n) is 6.49. The van der Waals surface area contributed by atoms with E-state index in [0.29, 0.717) is 11.3 Å². The summed E-state index contributed by atoms with van der Waals surface area (Å²) in [6.07, 6.45) is 0. The predicted molar refractivity (Wildman–Crippen MR) is 109 cm³/mol. The maximum atomic E-state index is 12.6. The van der Waals surface area contributed by atoms with E-state index >= 15 is 0 Å². The van der Waals surface area contributed by atoms with Gasteiger partial charge in [0.05, 0.1) is 18.0 Å². The van der Waals surface area contributed by atoms with Crippen LogP contribution < -0.4 is 14.8 Å². The fourth-order valence-corrected chi connectivity index (χ4v) is 3.89. The summed E-state index contributed by atoms with van der Waals surface area (Å²) in [5.41, 5.74) is 1.34. The molecule has 0 saturated heterocycles. The molecule has 156 valence electrons. The van der Waals surface area contributed by atoms with Gasteiger partial charge >= 0.3 is 0 Å². The van der Waals surface area contributed by atoms with Crippen LogP contribution in [0.3, 0.4) is 0 Å². The number of hydrogen-bond donors (Lipinski definition) is 2. The van der Waals surface area contributed by atoms with Crippen molar-refractivity contribution in [2.24, 2.45) is 0 Å². The molecule has 1 atom stereocenters. The van der Waals surface area contributed by atoms with Crippen LogP contribution in [0.25, 0.3) is 0 Å². The number of carbonyl (C=O) groups is 2. The topological polar surface area (TPSA) is 105 Å². The summed E-state index contributed by atoms with van der Waals surface area (Å²) in [4.78, 5) is 25.6. The number of sulfonamides is 1. The van der Waals surface area contributed by atoms with Gasteiger partial charge in [-0.2, -0.15) is 4.72 Å². The number of nitrogens with zero attached hydrogens (tertiary/aromatic N) is 1. The first-order valence-electron chi connectivity index (χ1n) is 8.90. The molecule has 0 aliphatic heterocycles. The maximum absolute atomic E-state index is 12.6. The van der Waals surface area contributed by atoms with Gasteiger partial charge in [-0.15, -0.1) is 0 Å². The minimum absolute atomic E-state index is 0.0467. The second-order valence-corrected chi connectivity index (χ2v) is 8.20. The Morgan fingerprint density at radius 2 is 1.66 bits per heavy atom. The minimum Gasteiger partial charge on any atom is -0.497 e. The van der Waals surface area contributed by atoms with Crippen LogP contribution in [0, 0.1) is 0 Å². The first-order valence-corrected chi connectivity index (χ1v) is 10.4. The SMILES string of the molecule is CNC(=O)c1ccc(CN(C)C(=O)[C@H](C)NS(=O)(=O)c2ccc(OC)cc2)cc1.